The molecule has 2 heteroatoms. The summed E-state index contributed by atoms with van der Waals surface area (Å²) < 4.78 is 0. The summed E-state index contributed by atoms with van der Waals surface area (Å²) in [5, 5.41) is 0. The van der Waals surface area contributed by atoms with Crippen LogP contribution < -0.4 is 5.73 Å². The van der Waals surface area contributed by atoms with Crippen molar-refractivity contribution in [2.75, 3.05) is 0 Å². The number of allylic oxidation sites excluding steroid dienone is 1. The van der Waals surface area contributed by atoms with E-state index >= 15 is 0 Å². The molecule has 2 aromatic rings. The molecule has 0 saturated carbocycles. The van der Waals surface area contributed by atoms with Gasteiger partial charge in [-0.1, -0.05) is 67.6 Å². The Bertz CT molecular complexity index is 522. The summed E-state index contributed by atoms with van der Waals surface area (Å²) in [6.45, 7) is 6.01. The molecule has 0 aliphatic rings. The summed E-state index contributed by atoms with van der Waals surface area (Å²) in [6.07, 6.45) is 1.95. The molecule has 0 amide bonds. The maximum absolute atomic E-state index is 6.38. The number of rotatable bonds is 4. The van der Waals surface area contributed by atoms with Gasteiger partial charge in [0.2, 0.25) is 0 Å². The van der Waals surface area contributed by atoms with Crippen LogP contribution in [0.15, 0.2) is 67.3 Å². The molecular weight excluding hydrogens is 345 g/mol. The van der Waals surface area contributed by atoms with E-state index in [-0.39, 0.29) is 30.0 Å². The summed E-state index contributed by atoms with van der Waals surface area (Å²) in [5.41, 5.74) is 9.95. The van der Waals surface area contributed by atoms with Gasteiger partial charge in [-0.2, -0.15) is 0 Å². The Balaban J connectivity index is 0.00000180. The van der Waals surface area contributed by atoms with Crippen molar-refractivity contribution in [1.82, 2.24) is 0 Å². The standard InChI is InChI=1S/C17H19N.HI/c1-3-13(2)15-11-7-8-12-16(15)17(18)14-9-5-4-6-10-14;/h3-13,17H,1,18H2,2H3;1H. The number of halogens is 1. The van der Waals surface area contributed by atoms with Gasteiger partial charge in [-0.15, -0.1) is 30.6 Å². The van der Waals surface area contributed by atoms with E-state index in [2.05, 4.69) is 43.8 Å². The van der Waals surface area contributed by atoms with E-state index in [1.54, 1.807) is 0 Å². The van der Waals surface area contributed by atoms with Crippen molar-refractivity contribution in [3.05, 3.63) is 83.9 Å². The third-order valence-corrected chi connectivity index (χ3v) is 3.33. The van der Waals surface area contributed by atoms with E-state index in [0.717, 1.165) is 5.56 Å². The Labute approximate surface area is 132 Å². The van der Waals surface area contributed by atoms with E-state index in [9.17, 15) is 0 Å². The highest BCUT2D eigenvalue weighted by Crippen LogP contribution is 2.28. The lowest BCUT2D eigenvalue weighted by Crippen LogP contribution is -2.14. The molecule has 19 heavy (non-hydrogen) atoms. The fourth-order valence-electron chi connectivity index (χ4n) is 2.18. The van der Waals surface area contributed by atoms with Crippen LogP contribution in [-0.2, 0) is 0 Å². The van der Waals surface area contributed by atoms with E-state index in [0.29, 0.717) is 5.92 Å². The Hall–Kier alpha value is -1.13. The molecule has 2 aromatic carbocycles. The first kappa shape index (κ1) is 15.9. The number of hydrogen-bond acceptors (Lipinski definition) is 1. The lowest BCUT2D eigenvalue weighted by Gasteiger charge is -2.19. The van der Waals surface area contributed by atoms with Crippen molar-refractivity contribution in [3.63, 3.8) is 0 Å². The predicted octanol–water partition coefficient (Wildman–Crippen LogP) is 4.64. The minimum Gasteiger partial charge on any atom is -0.320 e. The fraction of sp³-hybridized carbons (Fsp3) is 0.176. The van der Waals surface area contributed by atoms with Crippen molar-refractivity contribution >= 4 is 24.0 Å². The molecule has 2 N–H and O–H groups in total. The molecule has 2 rings (SSSR count). The Kier molecular flexibility index (Phi) is 6.25. The summed E-state index contributed by atoms with van der Waals surface area (Å²) in [4.78, 5) is 0. The van der Waals surface area contributed by atoms with Crippen LogP contribution in [0, 0.1) is 0 Å². The number of nitrogens with two attached hydrogens (primary N) is 1. The molecule has 0 bridgehead atoms. The normalized spacial score (nSPS) is 13.2. The molecular formula is C17H20IN. The summed E-state index contributed by atoms with van der Waals surface area (Å²) in [5.74, 6) is 0.316. The quantitative estimate of drug-likeness (QED) is 0.620. The van der Waals surface area contributed by atoms with Gasteiger partial charge in [0.05, 0.1) is 6.04 Å². The molecule has 0 aliphatic carbocycles. The van der Waals surface area contributed by atoms with Crippen LogP contribution >= 0.6 is 24.0 Å². The van der Waals surface area contributed by atoms with Gasteiger partial charge in [0.1, 0.15) is 0 Å². The van der Waals surface area contributed by atoms with E-state index in [1.165, 1.54) is 11.1 Å². The second-order valence-corrected chi connectivity index (χ2v) is 4.54. The highest BCUT2D eigenvalue weighted by molar-refractivity contribution is 14.0. The van der Waals surface area contributed by atoms with Crippen LogP contribution in [-0.4, -0.2) is 0 Å². The molecule has 0 fully saturated rings. The second kappa shape index (κ2) is 7.46. The van der Waals surface area contributed by atoms with Crippen LogP contribution in [0.1, 0.15) is 35.6 Å². The molecule has 0 spiro atoms. The van der Waals surface area contributed by atoms with E-state index < -0.39 is 0 Å². The molecule has 0 heterocycles. The summed E-state index contributed by atoms with van der Waals surface area (Å²) in [6, 6.07) is 18.4. The van der Waals surface area contributed by atoms with Crippen molar-refractivity contribution in [1.29, 1.82) is 0 Å². The van der Waals surface area contributed by atoms with Crippen LogP contribution in [0.25, 0.3) is 0 Å². The highest BCUT2D eigenvalue weighted by atomic mass is 127. The first-order valence-corrected chi connectivity index (χ1v) is 6.26. The first-order valence-electron chi connectivity index (χ1n) is 6.26. The van der Waals surface area contributed by atoms with Gasteiger partial charge in [0.25, 0.3) is 0 Å². The average molecular weight is 365 g/mol. The lowest BCUT2D eigenvalue weighted by molar-refractivity contribution is 0.828. The van der Waals surface area contributed by atoms with Crippen LogP contribution in [0.5, 0.6) is 0 Å². The van der Waals surface area contributed by atoms with Gasteiger partial charge in [0, 0.05) is 0 Å². The van der Waals surface area contributed by atoms with Gasteiger partial charge in [0.15, 0.2) is 0 Å². The second-order valence-electron chi connectivity index (χ2n) is 4.54. The monoisotopic (exact) mass is 365 g/mol. The Morgan fingerprint density at radius 3 is 2.05 bits per heavy atom. The minimum absolute atomic E-state index is 0. The van der Waals surface area contributed by atoms with Gasteiger partial charge >= 0.3 is 0 Å². The summed E-state index contributed by atoms with van der Waals surface area (Å²) in [7, 11) is 0. The molecule has 0 aromatic heterocycles. The Morgan fingerprint density at radius 2 is 1.47 bits per heavy atom. The van der Waals surface area contributed by atoms with Crippen molar-refractivity contribution in [2.45, 2.75) is 18.9 Å². The molecule has 0 aliphatic heterocycles. The third-order valence-electron chi connectivity index (χ3n) is 3.33. The smallest absolute Gasteiger partial charge is 0.0554 e. The third kappa shape index (κ3) is 3.67. The molecule has 0 saturated heterocycles. The highest BCUT2D eigenvalue weighted by Gasteiger charge is 2.14. The Morgan fingerprint density at radius 1 is 0.947 bits per heavy atom. The molecule has 0 radical (unpaired) electrons. The van der Waals surface area contributed by atoms with Crippen LogP contribution in [0.4, 0.5) is 0 Å². The molecule has 1 nitrogen and oxygen atoms in total. The van der Waals surface area contributed by atoms with Gasteiger partial charge in [-0.25, -0.2) is 0 Å². The maximum atomic E-state index is 6.38. The van der Waals surface area contributed by atoms with Gasteiger partial charge < -0.3 is 5.73 Å². The zero-order chi connectivity index (χ0) is 13.0. The fourth-order valence-corrected chi connectivity index (χ4v) is 2.18. The van der Waals surface area contributed by atoms with Gasteiger partial charge in [-0.05, 0) is 22.6 Å². The average Bonchev–Trinajstić information content (AvgIpc) is 2.46. The van der Waals surface area contributed by atoms with Crippen LogP contribution in [0.2, 0.25) is 0 Å². The maximum Gasteiger partial charge on any atom is 0.0554 e. The first-order chi connectivity index (χ1) is 8.74. The van der Waals surface area contributed by atoms with Crippen molar-refractivity contribution < 1.29 is 0 Å². The molecule has 100 valence electrons. The minimum atomic E-state index is -0.0789. The topological polar surface area (TPSA) is 26.0 Å². The van der Waals surface area contributed by atoms with Crippen molar-refractivity contribution in [3.8, 4) is 0 Å². The number of benzene rings is 2. The zero-order valence-corrected chi connectivity index (χ0v) is 13.5. The predicted molar refractivity (Wildman–Crippen MR) is 92.9 cm³/mol. The molecule has 2 atom stereocenters. The van der Waals surface area contributed by atoms with Crippen molar-refractivity contribution in [2.24, 2.45) is 5.73 Å². The van der Waals surface area contributed by atoms with E-state index in [4.69, 9.17) is 5.73 Å². The SMILES string of the molecule is C=CC(C)c1ccccc1C(N)c1ccccc1.I. The largest absolute Gasteiger partial charge is 0.320 e. The van der Waals surface area contributed by atoms with Crippen LogP contribution in [0.3, 0.4) is 0 Å². The zero-order valence-electron chi connectivity index (χ0n) is 11.1. The molecule has 2 unspecified atom stereocenters. The van der Waals surface area contributed by atoms with Gasteiger partial charge in [-0.3, -0.25) is 0 Å². The van der Waals surface area contributed by atoms with E-state index in [1.807, 2.05) is 30.3 Å². The number of hydrogen-bond donors (Lipinski definition) is 1. The lowest BCUT2D eigenvalue weighted by atomic mass is 9.89. The summed E-state index contributed by atoms with van der Waals surface area (Å²) >= 11 is 0.